The maximum atomic E-state index is 12.2. The fraction of sp³-hybridized carbons (Fsp3) is 0.240. The topological polar surface area (TPSA) is 94.8 Å². The Morgan fingerprint density at radius 1 is 1.09 bits per heavy atom. The number of carbonyl (C=O) groups is 2. The van der Waals surface area contributed by atoms with Crippen molar-refractivity contribution < 1.29 is 23.5 Å². The molecule has 1 heterocycles. The van der Waals surface area contributed by atoms with E-state index in [1.54, 1.807) is 18.2 Å². The van der Waals surface area contributed by atoms with E-state index in [4.69, 9.17) is 13.9 Å². The van der Waals surface area contributed by atoms with E-state index in [9.17, 15) is 14.4 Å². The quantitative estimate of drug-likeness (QED) is 0.190. The van der Waals surface area contributed by atoms with Gasteiger partial charge in [-0.15, -0.1) is 0 Å². The SMILES string of the molecule is COCCNC(=O)c1cc2ccc(OC(=O)/C=C/c3ccc(C(C)C)cc3)cc2oc1=O. The number of benzene rings is 2. The zero-order valence-corrected chi connectivity index (χ0v) is 18.2. The lowest BCUT2D eigenvalue weighted by atomic mass is 10.0. The Morgan fingerprint density at radius 2 is 1.84 bits per heavy atom. The van der Waals surface area contributed by atoms with Crippen LogP contribution in [0.1, 0.15) is 41.3 Å². The van der Waals surface area contributed by atoms with E-state index < -0.39 is 17.5 Å². The Kier molecular flexibility index (Phi) is 7.57. The summed E-state index contributed by atoms with van der Waals surface area (Å²) in [6.45, 7) is 4.84. The molecule has 0 bridgehead atoms. The van der Waals surface area contributed by atoms with Crippen molar-refractivity contribution >= 4 is 28.9 Å². The molecule has 3 aromatic rings. The molecule has 166 valence electrons. The van der Waals surface area contributed by atoms with Gasteiger partial charge in [-0.2, -0.15) is 0 Å². The molecule has 2 aromatic carbocycles. The number of amides is 1. The molecule has 1 amide bonds. The minimum absolute atomic E-state index is 0.107. The molecular weight excluding hydrogens is 410 g/mol. The number of hydrogen-bond acceptors (Lipinski definition) is 6. The summed E-state index contributed by atoms with van der Waals surface area (Å²) in [6, 6.07) is 14.0. The number of ether oxygens (including phenoxy) is 2. The first kappa shape index (κ1) is 23.0. The van der Waals surface area contributed by atoms with Gasteiger partial charge in [0.15, 0.2) is 0 Å². The van der Waals surface area contributed by atoms with Gasteiger partial charge < -0.3 is 19.2 Å². The third kappa shape index (κ3) is 5.92. The Labute approximate surface area is 185 Å². The zero-order chi connectivity index (χ0) is 23.1. The summed E-state index contributed by atoms with van der Waals surface area (Å²) in [4.78, 5) is 36.5. The Morgan fingerprint density at radius 3 is 2.53 bits per heavy atom. The van der Waals surface area contributed by atoms with Crippen molar-refractivity contribution in [1.82, 2.24) is 5.32 Å². The van der Waals surface area contributed by atoms with Crippen molar-refractivity contribution in [3.8, 4) is 5.75 Å². The van der Waals surface area contributed by atoms with Crippen molar-refractivity contribution in [2.24, 2.45) is 0 Å². The Hall–Kier alpha value is -3.71. The number of esters is 1. The van der Waals surface area contributed by atoms with E-state index >= 15 is 0 Å². The summed E-state index contributed by atoms with van der Waals surface area (Å²) in [5, 5.41) is 3.11. The molecule has 3 rings (SSSR count). The fourth-order valence-electron chi connectivity index (χ4n) is 2.98. The Bertz CT molecular complexity index is 1190. The molecule has 0 aliphatic rings. The minimum Gasteiger partial charge on any atom is -0.423 e. The van der Waals surface area contributed by atoms with E-state index in [0.717, 1.165) is 5.56 Å². The predicted octanol–water partition coefficient (Wildman–Crippen LogP) is 3.91. The normalized spacial score (nSPS) is 11.2. The van der Waals surface area contributed by atoms with E-state index in [1.807, 2.05) is 24.3 Å². The first-order valence-corrected chi connectivity index (χ1v) is 10.2. The standard InChI is InChI=1S/C25H25NO6/c1-16(2)18-7-4-17(5-8-18)6-11-23(27)31-20-10-9-19-14-21(24(28)26-12-13-30-3)25(29)32-22(19)15-20/h4-11,14-16H,12-13H2,1-3H3,(H,26,28)/b11-6+. The lowest BCUT2D eigenvalue weighted by Gasteiger charge is -2.06. The molecule has 1 aromatic heterocycles. The first-order valence-electron chi connectivity index (χ1n) is 10.2. The van der Waals surface area contributed by atoms with Gasteiger partial charge in [0.2, 0.25) is 0 Å². The van der Waals surface area contributed by atoms with Crippen LogP contribution < -0.4 is 15.7 Å². The van der Waals surface area contributed by atoms with Crippen LogP contribution in [0.4, 0.5) is 0 Å². The molecule has 0 saturated heterocycles. The lowest BCUT2D eigenvalue weighted by Crippen LogP contribution is -2.30. The summed E-state index contributed by atoms with van der Waals surface area (Å²) in [7, 11) is 1.51. The van der Waals surface area contributed by atoms with Gasteiger partial charge in [-0.1, -0.05) is 38.1 Å². The number of nitrogens with one attached hydrogen (secondary N) is 1. The predicted molar refractivity (Wildman–Crippen MR) is 122 cm³/mol. The van der Waals surface area contributed by atoms with Gasteiger partial charge in [0.05, 0.1) is 6.61 Å². The average molecular weight is 435 g/mol. The van der Waals surface area contributed by atoms with Crippen LogP contribution in [-0.4, -0.2) is 32.1 Å². The number of carbonyl (C=O) groups excluding carboxylic acids is 2. The second-order valence-electron chi connectivity index (χ2n) is 7.47. The van der Waals surface area contributed by atoms with Crippen LogP contribution in [-0.2, 0) is 9.53 Å². The van der Waals surface area contributed by atoms with Crippen molar-refractivity contribution in [3.05, 3.63) is 81.7 Å². The fourth-order valence-corrected chi connectivity index (χ4v) is 2.98. The van der Waals surface area contributed by atoms with Crippen molar-refractivity contribution in [3.63, 3.8) is 0 Å². The van der Waals surface area contributed by atoms with E-state index in [-0.39, 0.29) is 23.4 Å². The molecule has 0 aliphatic heterocycles. The van der Waals surface area contributed by atoms with Gasteiger partial charge >= 0.3 is 11.6 Å². The second kappa shape index (κ2) is 10.5. The van der Waals surface area contributed by atoms with E-state index in [2.05, 4.69) is 19.2 Å². The minimum atomic E-state index is -0.777. The van der Waals surface area contributed by atoms with Gasteiger partial charge in [-0.3, -0.25) is 4.79 Å². The summed E-state index contributed by atoms with van der Waals surface area (Å²) in [5.41, 5.74) is 1.43. The number of methoxy groups -OCH3 is 1. The van der Waals surface area contributed by atoms with Gasteiger partial charge in [0, 0.05) is 31.2 Å². The molecule has 0 unspecified atom stereocenters. The molecule has 32 heavy (non-hydrogen) atoms. The van der Waals surface area contributed by atoms with Crippen LogP contribution in [0.25, 0.3) is 17.0 Å². The molecule has 7 nitrogen and oxygen atoms in total. The van der Waals surface area contributed by atoms with E-state index in [1.165, 1.54) is 30.9 Å². The average Bonchev–Trinajstić information content (AvgIpc) is 2.77. The third-order valence-corrected chi connectivity index (χ3v) is 4.78. The largest absolute Gasteiger partial charge is 0.423 e. The molecule has 0 spiro atoms. The van der Waals surface area contributed by atoms with E-state index in [0.29, 0.717) is 17.9 Å². The van der Waals surface area contributed by atoms with Gasteiger partial charge in [0.1, 0.15) is 16.9 Å². The van der Waals surface area contributed by atoms with Crippen LogP contribution in [0.2, 0.25) is 0 Å². The van der Waals surface area contributed by atoms with Crippen LogP contribution in [0.5, 0.6) is 5.75 Å². The van der Waals surface area contributed by atoms with Crippen LogP contribution >= 0.6 is 0 Å². The van der Waals surface area contributed by atoms with Gasteiger partial charge in [-0.25, -0.2) is 9.59 Å². The first-order chi connectivity index (χ1) is 15.4. The monoisotopic (exact) mass is 435 g/mol. The highest BCUT2D eigenvalue weighted by Gasteiger charge is 2.14. The van der Waals surface area contributed by atoms with Crippen LogP contribution in [0.15, 0.2) is 63.8 Å². The molecular formula is C25H25NO6. The van der Waals surface area contributed by atoms with Crippen LogP contribution in [0, 0.1) is 0 Å². The second-order valence-corrected chi connectivity index (χ2v) is 7.47. The zero-order valence-electron chi connectivity index (χ0n) is 18.2. The Balaban J connectivity index is 1.69. The maximum Gasteiger partial charge on any atom is 0.349 e. The summed E-state index contributed by atoms with van der Waals surface area (Å²) in [5.74, 6) is -0.441. The number of fused-ring (bicyclic) bond motifs is 1. The van der Waals surface area contributed by atoms with Crippen LogP contribution in [0.3, 0.4) is 0 Å². The van der Waals surface area contributed by atoms with Gasteiger partial charge in [-0.05, 0) is 41.3 Å². The highest BCUT2D eigenvalue weighted by atomic mass is 16.5. The highest BCUT2D eigenvalue weighted by Crippen LogP contribution is 2.21. The van der Waals surface area contributed by atoms with Crippen molar-refractivity contribution in [2.75, 3.05) is 20.3 Å². The highest BCUT2D eigenvalue weighted by molar-refractivity contribution is 5.97. The molecule has 0 fully saturated rings. The molecule has 0 saturated carbocycles. The lowest BCUT2D eigenvalue weighted by molar-refractivity contribution is -0.128. The maximum absolute atomic E-state index is 12.2. The molecule has 7 heteroatoms. The molecule has 0 atom stereocenters. The van der Waals surface area contributed by atoms with Crippen molar-refractivity contribution in [1.29, 1.82) is 0 Å². The molecule has 0 aliphatic carbocycles. The van der Waals surface area contributed by atoms with Crippen molar-refractivity contribution in [2.45, 2.75) is 19.8 Å². The number of rotatable bonds is 8. The number of hydrogen-bond donors (Lipinski definition) is 1. The summed E-state index contributed by atoms with van der Waals surface area (Å²) in [6.07, 6.45) is 3.00. The molecule has 1 N–H and O–H groups in total. The van der Waals surface area contributed by atoms with Gasteiger partial charge in [0.25, 0.3) is 5.91 Å². The summed E-state index contributed by atoms with van der Waals surface area (Å²) < 4.78 is 15.4. The third-order valence-electron chi connectivity index (χ3n) is 4.78. The molecule has 0 radical (unpaired) electrons. The smallest absolute Gasteiger partial charge is 0.349 e. The summed E-state index contributed by atoms with van der Waals surface area (Å²) >= 11 is 0.